The van der Waals surface area contributed by atoms with Crippen LogP contribution in [0, 0.1) is 0 Å². The van der Waals surface area contributed by atoms with Crippen LogP contribution in [0.5, 0.6) is 0 Å². The van der Waals surface area contributed by atoms with Gasteiger partial charge in [0.25, 0.3) is 0 Å². The van der Waals surface area contributed by atoms with E-state index in [9.17, 15) is 4.79 Å². The number of hydrogen-bond donors (Lipinski definition) is 2. The molecular formula is C19H29BrIN5O. The SMILES string of the molecule is C=C(C)CNC(=NCC(=O)N(C)C)NC1CCN(c2ccccc2Br)C1.I. The first-order valence-corrected chi connectivity index (χ1v) is 9.55. The first-order valence-electron chi connectivity index (χ1n) is 8.75. The molecule has 1 heterocycles. The predicted octanol–water partition coefficient (Wildman–Crippen LogP) is 2.85. The van der Waals surface area contributed by atoms with E-state index in [2.05, 4.69) is 61.2 Å². The number of anilines is 1. The van der Waals surface area contributed by atoms with Crippen molar-refractivity contribution in [2.45, 2.75) is 19.4 Å². The van der Waals surface area contributed by atoms with Crippen LogP contribution in [0.2, 0.25) is 0 Å². The van der Waals surface area contributed by atoms with E-state index in [0.717, 1.165) is 29.6 Å². The van der Waals surface area contributed by atoms with E-state index in [1.807, 2.05) is 13.0 Å². The van der Waals surface area contributed by atoms with Gasteiger partial charge in [0, 0.05) is 44.2 Å². The van der Waals surface area contributed by atoms with Gasteiger partial charge in [-0.05, 0) is 41.4 Å². The van der Waals surface area contributed by atoms with Crippen LogP contribution in [-0.2, 0) is 4.79 Å². The molecule has 150 valence electrons. The van der Waals surface area contributed by atoms with Gasteiger partial charge in [0.2, 0.25) is 5.91 Å². The number of nitrogens with one attached hydrogen (secondary N) is 2. The molecule has 0 bridgehead atoms. The summed E-state index contributed by atoms with van der Waals surface area (Å²) >= 11 is 3.62. The summed E-state index contributed by atoms with van der Waals surface area (Å²) in [7, 11) is 3.47. The van der Waals surface area contributed by atoms with Gasteiger partial charge in [-0.2, -0.15) is 0 Å². The van der Waals surface area contributed by atoms with Crippen LogP contribution in [0.3, 0.4) is 0 Å². The number of amides is 1. The zero-order chi connectivity index (χ0) is 19.1. The standard InChI is InChI=1S/C19H28BrN5O.HI/c1-14(2)11-21-19(22-12-18(26)24(3)4)23-15-9-10-25(13-15)17-8-6-5-7-16(17)20;/h5-8,15H,1,9-13H2,2-4H3,(H2,21,22,23);1H. The highest BCUT2D eigenvalue weighted by atomic mass is 127. The number of guanidine groups is 1. The number of rotatable bonds is 6. The maximum atomic E-state index is 11.8. The van der Waals surface area contributed by atoms with E-state index < -0.39 is 0 Å². The summed E-state index contributed by atoms with van der Waals surface area (Å²) < 4.78 is 1.10. The molecule has 2 rings (SSSR count). The smallest absolute Gasteiger partial charge is 0.243 e. The molecule has 1 fully saturated rings. The molecule has 0 spiro atoms. The van der Waals surface area contributed by atoms with Crippen molar-refractivity contribution in [2.75, 3.05) is 45.2 Å². The van der Waals surface area contributed by atoms with E-state index in [4.69, 9.17) is 0 Å². The number of halogens is 2. The maximum Gasteiger partial charge on any atom is 0.243 e. The molecule has 1 aromatic rings. The summed E-state index contributed by atoms with van der Waals surface area (Å²) in [6.45, 7) is 8.48. The van der Waals surface area contributed by atoms with E-state index in [0.29, 0.717) is 12.5 Å². The van der Waals surface area contributed by atoms with Crippen LogP contribution in [0.25, 0.3) is 0 Å². The first-order chi connectivity index (χ1) is 12.4. The molecule has 2 N–H and O–H groups in total. The Kier molecular flexibility index (Phi) is 10.1. The number of para-hydroxylation sites is 1. The van der Waals surface area contributed by atoms with Crippen molar-refractivity contribution >= 4 is 57.5 Å². The molecule has 0 aromatic heterocycles. The fourth-order valence-corrected chi connectivity index (χ4v) is 3.21. The molecule has 1 aliphatic rings. The lowest BCUT2D eigenvalue weighted by molar-refractivity contribution is -0.127. The van der Waals surface area contributed by atoms with Crippen molar-refractivity contribution in [3.05, 3.63) is 40.9 Å². The minimum atomic E-state index is -0.0253. The Balaban J connectivity index is 0.00000364. The van der Waals surface area contributed by atoms with Crippen molar-refractivity contribution in [3.63, 3.8) is 0 Å². The van der Waals surface area contributed by atoms with E-state index in [1.165, 1.54) is 5.69 Å². The Hall–Kier alpha value is -1.29. The summed E-state index contributed by atoms with van der Waals surface area (Å²) in [6.07, 6.45) is 1.01. The van der Waals surface area contributed by atoms with Crippen molar-refractivity contribution in [1.82, 2.24) is 15.5 Å². The Labute approximate surface area is 187 Å². The molecule has 0 aliphatic carbocycles. The quantitative estimate of drug-likeness (QED) is 0.248. The summed E-state index contributed by atoms with van der Waals surface area (Å²) in [6, 6.07) is 8.52. The highest BCUT2D eigenvalue weighted by Crippen LogP contribution is 2.28. The molecule has 1 amide bonds. The molecule has 27 heavy (non-hydrogen) atoms. The van der Waals surface area contributed by atoms with Crippen molar-refractivity contribution in [3.8, 4) is 0 Å². The third-order valence-electron chi connectivity index (χ3n) is 4.15. The number of benzene rings is 1. The molecule has 0 radical (unpaired) electrons. The minimum Gasteiger partial charge on any atom is -0.368 e. The van der Waals surface area contributed by atoms with E-state index in [1.54, 1.807) is 19.0 Å². The zero-order valence-corrected chi connectivity index (χ0v) is 20.1. The minimum absolute atomic E-state index is 0. The summed E-state index contributed by atoms with van der Waals surface area (Å²) in [5.41, 5.74) is 2.22. The maximum absolute atomic E-state index is 11.8. The normalized spacial score (nSPS) is 16.5. The lowest BCUT2D eigenvalue weighted by Gasteiger charge is -2.21. The van der Waals surface area contributed by atoms with E-state index >= 15 is 0 Å². The van der Waals surface area contributed by atoms with Gasteiger partial charge in [-0.1, -0.05) is 24.3 Å². The van der Waals surface area contributed by atoms with Crippen LogP contribution in [-0.4, -0.2) is 63.1 Å². The number of likely N-dealkylation sites (N-methyl/N-ethyl adjacent to an activating group) is 1. The van der Waals surface area contributed by atoms with Crippen molar-refractivity contribution in [1.29, 1.82) is 0 Å². The Morgan fingerprint density at radius 2 is 2.11 bits per heavy atom. The summed E-state index contributed by atoms with van der Waals surface area (Å²) in [5, 5.41) is 6.70. The number of hydrogen-bond acceptors (Lipinski definition) is 3. The first kappa shape index (κ1) is 23.7. The van der Waals surface area contributed by atoms with Crippen LogP contribution in [0.15, 0.2) is 45.9 Å². The van der Waals surface area contributed by atoms with Gasteiger partial charge in [-0.15, -0.1) is 24.0 Å². The second-order valence-electron chi connectivity index (χ2n) is 6.79. The third kappa shape index (κ3) is 7.69. The van der Waals surface area contributed by atoms with Crippen molar-refractivity contribution in [2.24, 2.45) is 4.99 Å². The summed E-state index contributed by atoms with van der Waals surface area (Å²) in [5.74, 6) is 0.630. The Morgan fingerprint density at radius 1 is 1.41 bits per heavy atom. The molecule has 1 aromatic carbocycles. The Morgan fingerprint density at radius 3 is 2.74 bits per heavy atom. The fourth-order valence-electron chi connectivity index (χ4n) is 2.67. The van der Waals surface area contributed by atoms with Gasteiger partial charge in [0.05, 0.1) is 5.69 Å². The number of carbonyl (C=O) groups excluding carboxylic acids is 1. The van der Waals surface area contributed by atoms with Crippen molar-refractivity contribution < 1.29 is 4.79 Å². The van der Waals surface area contributed by atoms with Gasteiger partial charge in [-0.3, -0.25) is 4.79 Å². The second-order valence-corrected chi connectivity index (χ2v) is 7.65. The second kappa shape index (κ2) is 11.5. The largest absolute Gasteiger partial charge is 0.368 e. The highest BCUT2D eigenvalue weighted by Gasteiger charge is 2.24. The van der Waals surface area contributed by atoms with Crippen LogP contribution in [0.1, 0.15) is 13.3 Å². The zero-order valence-electron chi connectivity index (χ0n) is 16.2. The molecule has 1 unspecified atom stereocenters. The van der Waals surface area contributed by atoms with Crippen LogP contribution in [0.4, 0.5) is 5.69 Å². The molecule has 1 aliphatic heterocycles. The topological polar surface area (TPSA) is 60.0 Å². The third-order valence-corrected chi connectivity index (χ3v) is 4.82. The fraction of sp³-hybridized carbons (Fsp3) is 0.474. The molecule has 0 saturated carbocycles. The predicted molar refractivity (Wildman–Crippen MR) is 127 cm³/mol. The lowest BCUT2D eigenvalue weighted by Crippen LogP contribution is -2.45. The molecule has 1 saturated heterocycles. The number of nitrogens with zero attached hydrogens (tertiary/aromatic N) is 3. The molecule has 6 nitrogen and oxygen atoms in total. The van der Waals surface area contributed by atoms with Gasteiger partial charge in [0.1, 0.15) is 6.54 Å². The number of carbonyl (C=O) groups is 1. The lowest BCUT2D eigenvalue weighted by atomic mass is 10.2. The average molecular weight is 550 g/mol. The monoisotopic (exact) mass is 549 g/mol. The van der Waals surface area contributed by atoms with Gasteiger partial charge < -0.3 is 20.4 Å². The van der Waals surface area contributed by atoms with Crippen LogP contribution < -0.4 is 15.5 Å². The Bertz CT molecular complexity index is 680. The molecule has 1 atom stereocenters. The van der Waals surface area contributed by atoms with Crippen LogP contribution >= 0.6 is 39.9 Å². The van der Waals surface area contributed by atoms with E-state index in [-0.39, 0.29) is 42.5 Å². The molecular weight excluding hydrogens is 521 g/mol. The number of aliphatic imine (C=N–C) groups is 1. The summed E-state index contributed by atoms with van der Waals surface area (Å²) in [4.78, 5) is 20.2. The highest BCUT2D eigenvalue weighted by molar-refractivity contribution is 14.0. The van der Waals surface area contributed by atoms with Gasteiger partial charge in [0.15, 0.2) is 5.96 Å². The van der Waals surface area contributed by atoms with Gasteiger partial charge in [-0.25, -0.2) is 4.99 Å². The van der Waals surface area contributed by atoms with Gasteiger partial charge >= 0.3 is 0 Å². The average Bonchev–Trinajstić information content (AvgIpc) is 3.05. The molecule has 8 heteroatoms.